The summed E-state index contributed by atoms with van der Waals surface area (Å²) in [6.07, 6.45) is 11.1. The summed E-state index contributed by atoms with van der Waals surface area (Å²) in [5.74, 6) is 1.86. The van der Waals surface area contributed by atoms with Crippen LogP contribution in [0.5, 0.6) is 0 Å². The first-order chi connectivity index (χ1) is 8.99. The second-order valence-electron chi connectivity index (χ2n) is 7.13. The number of hydrogen-bond donors (Lipinski definition) is 0. The molecule has 1 nitrogen and oxygen atoms in total. The molecule has 0 aliphatic heterocycles. The van der Waals surface area contributed by atoms with Gasteiger partial charge in [0.05, 0.1) is 27.2 Å². The van der Waals surface area contributed by atoms with Gasteiger partial charge in [0.15, 0.2) is 0 Å². The van der Waals surface area contributed by atoms with E-state index in [2.05, 4.69) is 41.8 Å². The Balaban J connectivity index is 0. The zero-order valence-electron chi connectivity index (χ0n) is 15.1. The molecule has 0 saturated carbocycles. The molecule has 0 bridgehead atoms. The molecule has 0 amide bonds. The van der Waals surface area contributed by atoms with E-state index in [1.54, 1.807) is 0 Å². The van der Waals surface area contributed by atoms with E-state index >= 15 is 0 Å². The van der Waals surface area contributed by atoms with Gasteiger partial charge in [0.1, 0.15) is 0 Å². The molecule has 0 fully saturated rings. The first-order valence-electron chi connectivity index (χ1n) is 8.80. The Hall–Kier alpha value is 0.440. The summed E-state index contributed by atoms with van der Waals surface area (Å²) < 4.78 is 1.23. The molecule has 2 heteroatoms. The van der Waals surface area contributed by atoms with Crippen molar-refractivity contribution in [2.24, 2.45) is 11.8 Å². The lowest BCUT2D eigenvalue weighted by Gasteiger charge is -2.36. The van der Waals surface area contributed by atoms with Crippen LogP contribution in [0, 0.1) is 11.8 Å². The summed E-state index contributed by atoms with van der Waals surface area (Å²) in [5, 5.41) is 0. The Morgan fingerprint density at radius 2 is 1.05 bits per heavy atom. The third kappa shape index (κ3) is 11.1. The van der Waals surface area contributed by atoms with Gasteiger partial charge in [-0.15, -0.1) is 0 Å². The molecule has 124 valence electrons. The standard InChI is InChI=1S/C18H40N.BrH/c1-7-11-13-17(9-3)15-19(5,6)16-18(10-4)14-12-8-2;/h17-18H,7-16H2,1-6H3;1H/q+1;/p-1. The van der Waals surface area contributed by atoms with E-state index in [4.69, 9.17) is 0 Å². The molecule has 0 aromatic heterocycles. The summed E-state index contributed by atoms with van der Waals surface area (Å²) in [5.41, 5.74) is 0. The Kier molecular flexibility index (Phi) is 14.9. The molecule has 0 aliphatic carbocycles. The van der Waals surface area contributed by atoms with Gasteiger partial charge in [-0.25, -0.2) is 0 Å². The highest BCUT2D eigenvalue weighted by Crippen LogP contribution is 2.21. The fourth-order valence-corrected chi connectivity index (χ4v) is 3.31. The molecular weight excluding hydrogens is 310 g/mol. The smallest absolute Gasteiger partial charge is 0.0811 e. The largest absolute Gasteiger partial charge is 1.00 e. The van der Waals surface area contributed by atoms with Gasteiger partial charge in [-0.1, -0.05) is 53.4 Å². The van der Waals surface area contributed by atoms with E-state index in [1.807, 2.05) is 0 Å². The lowest BCUT2D eigenvalue weighted by Crippen LogP contribution is -3.00. The van der Waals surface area contributed by atoms with Crippen molar-refractivity contribution < 1.29 is 21.5 Å². The van der Waals surface area contributed by atoms with E-state index in [9.17, 15) is 0 Å². The molecule has 2 atom stereocenters. The molecule has 2 unspecified atom stereocenters. The van der Waals surface area contributed by atoms with Crippen molar-refractivity contribution in [1.82, 2.24) is 0 Å². The predicted octanol–water partition coefficient (Wildman–Crippen LogP) is 2.50. The Morgan fingerprint density at radius 1 is 0.700 bits per heavy atom. The van der Waals surface area contributed by atoms with E-state index in [1.165, 1.54) is 68.9 Å². The van der Waals surface area contributed by atoms with E-state index in [0.717, 1.165) is 11.8 Å². The molecule has 0 rings (SSSR count). The van der Waals surface area contributed by atoms with Gasteiger partial charge in [-0.05, 0) is 25.7 Å². The average Bonchev–Trinajstić information content (AvgIpc) is 2.39. The molecule has 20 heavy (non-hydrogen) atoms. The van der Waals surface area contributed by atoms with Crippen LogP contribution in [0.1, 0.15) is 79.1 Å². The van der Waals surface area contributed by atoms with Crippen molar-refractivity contribution in [3.05, 3.63) is 0 Å². The molecule has 0 aliphatic rings. The maximum Gasteiger partial charge on any atom is 0.0811 e. The monoisotopic (exact) mass is 349 g/mol. The zero-order chi connectivity index (χ0) is 14.7. The predicted molar refractivity (Wildman–Crippen MR) is 88.5 cm³/mol. The van der Waals surface area contributed by atoms with Crippen LogP contribution >= 0.6 is 0 Å². The molecule has 0 N–H and O–H groups in total. The molecule has 0 heterocycles. The average molecular weight is 350 g/mol. The van der Waals surface area contributed by atoms with Crippen LogP contribution in [0.3, 0.4) is 0 Å². The fraction of sp³-hybridized carbons (Fsp3) is 1.00. The number of nitrogens with zero attached hydrogens (tertiary/aromatic N) is 1. The first-order valence-corrected chi connectivity index (χ1v) is 8.80. The third-order valence-electron chi connectivity index (χ3n) is 4.59. The van der Waals surface area contributed by atoms with Crippen LogP contribution in [0.4, 0.5) is 0 Å². The van der Waals surface area contributed by atoms with E-state index in [0.29, 0.717) is 0 Å². The number of hydrogen-bond acceptors (Lipinski definition) is 0. The number of halogens is 1. The Morgan fingerprint density at radius 3 is 1.30 bits per heavy atom. The minimum atomic E-state index is 0. The summed E-state index contributed by atoms with van der Waals surface area (Å²) in [4.78, 5) is 0. The zero-order valence-corrected chi connectivity index (χ0v) is 16.6. The first kappa shape index (κ1) is 22.7. The molecule has 0 saturated heterocycles. The summed E-state index contributed by atoms with van der Waals surface area (Å²) >= 11 is 0. The van der Waals surface area contributed by atoms with Crippen LogP contribution in [0.15, 0.2) is 0 Å². The molecule has 0 spiro atoms. The topological polar surface area (TPSA) is 0 Å². The summed E-state index contributed by atoms with van der Waals surface area (Å²) in [6, 6.07) is 0. The second-order valence-corrected chi connectivity index (χ2v) is 7.13. The SMILES string of the molecule is CCCCC(CC)C[N+](C)(C)CC(CC)CCCC.[Br-]. The van der Waals surface area contributed by atoms with E-state index < -0.39 is 0 Å². The lowest BCUT2D eigenvalue weighted by atomic mass is 9.95. The van der Waals surface area contributed by atoms with E-state index in [-0.39, 0.29) is 17.0 Å². The highest BCUT2D eigenvalue weighted by Gasteiger charge is 2.24. The normalized spacial score (nSPS) is 14.7. The van der Waals surface area contributed by atoms with Crippen LogP contribution in [0.2, 0.25) is 0 Å². The van der Waals surface area contributed by atoms with Crippen LogP contribution < -0.4 is 17.0 Å². The third-order valence-corrected chi connectivity index (χ3v) is 4.59. The van der Waals surface area contributed by atoms with Crippen LogP contribution in [0.25, 0.3) is 0 Å². The quantitative estimate of drug-likeness (QED) is 0.475. The maximum atomic E-state index is 2.45. The molecular formula is C18H40BrN. The van der Waals surface area contributed by atoms with Gasteiger partial charge in [0.25, 0.3) is 0 Å². The van der Waals surface area contributed by atoms with Crippen molar-refractivity contribution in [3.8, 4) is 0 Å². The lowest BCUT2D eigenvalue weighted by molar-refractivity contribution is -0.897. The van der Waals surface area contributed by atoms with Gasteiger partial charge >= 0.3 is 0 Å². The minimum absolute atomic E-state index is 0. The fourth-order valence-electron chi connectivity index (χ4n) is 3.31. The molecule has 0 aromatic carbocycles. The number of rotatable bonds is 12. The van der Waals surface area contributed by atoms with Crippen molar-refractivity contribution in [1.29, 1.82) is 0 Å². The van der Waals surface area contributed by atoms with Crippen molar-refractivity contribution in [2.75, 3.05) is 27.2 Å². The Labute approximate surface area is 139 Å². The van der Waals surface area contributed by atoms with Crippen molar-refractivity contribution in [3.63, 3.8) is 0 Å². The maximum absolute atomic E-state index is 2.45. The number of unbranched alkanes of at least 4 members (excludes halogenated alkanes) is 2. The molecule has 0 radical (unpaired) electrons. The van der Waals surface area contributed by atoms with Gasteiger partial charge in [0, 0.05) is 11.8 Å². The minimum Gasteiger partial charge on any atom is -1.00 e. The highest BCUT2D eigenvalue weighted by atomic mass is 79.9. The summed E-state index contributed by atoms with van der Waals surface area (Å²) in [6.45, 7) is 12.1. The van der Waals surface area contributed by atoms with Gasteiger partial charge in [-0.3, -0.25) is 0 Å². The van der Waals surface area contributed by atoms with Crippen molar-refractivity contribution >= 4 is 0 Å². The molecule has 0 aromatic rings. The van der Waals surface area contributed by atoms with Crippen LogP contribution in [-0.2, 0) is 0 Å². The van der Waals surface area contributed by atoms with Gasteiger partial charge in [0.2, 0.25) is 0 Å². The Bertz CT molecular complexity index is 184. The van der Waals surface area contributed by atoms with Gasteiger partial charge in [-0.2, -0.15) is 0 Å². The van der Waals surface area contributed by atoms with Gasteiger partial charge < -0.3 is 21.5 Å². The highest BCUT2D eigenvalue weighted by molar-refractivity contribution is 4.60. The van der Waals surface area contributed by atoms with Crippen molar-refractivity contribution in [2.45, 2.75) is 79.1 Å². The number of quaternary nitrogens is 1. The van der Waals surface area contributed by atoms with Crippen LogP contribution in [-0.4, -0.2) is 31.7 Å². The summed E-state index contributed by atoms with van der Waals surface area (Å²) in [7, 11) is 4.90. The second kappa shape index (κ2) is 13.1.